The van der Waals surface area contributed by atoms with E-state index in [1.165, 1.54) is 5.56 Å². The SMILES string of the molecule is CC(C)c1noc(CN2CCCN(Cc3ccc(Cl)cc3)CC2)n1. The van der Waals surface area contributed by atoms with E-state index in [-0.39, 0.29) is 0 Å². The molecule has 0 spiro atoms. The summed E-state index contributed by atoms with van der Waals surface area (Å²) in [6.07, 6.45) is 1.15. The van der Waals surface area contributed by atoms with Crippen LogP contribution in [-0.2, 0) is 13.1 Å². The molecule has 2 aromatic rings. The van der Waals surface area contributed by atoms with Gasteiger partial charge in [-0.2, -0.15) is 4.98 Å². The van der Waals surface area contributed by atoms with Gasteiger partial charge in [-0.15, -0.1) is 0 Å². The molecule has 5 nitrogen and oxygen atoms in total. The molecule has 0 amide bonds. The average Bonchev–Trinajstić information content (AvgIpc) is 2.92. The van der Waals surface area contributed by atoms with E-state index in [9.17, 15) is 0 Å². The monoisotopic (exact) mass is 348 g/mol. The fourth-order valence-corrected chi connectivity index (χ4v) is 3.07. The molecule has 0 atom stereocenters. The minimum Gasteiger partial charge on any atom is -0.338 e. The lowest BCUT2D eigenvalue weighted by molar-refractivity contribution is 0.222. The Bertz CT molecular complexity index is 641. The normalized spacial score (nSPS) is 17.3. The zero-order valence-corrected chi connectivity index (χ0v) is 15.2. The van der Waals surface area contributed by atoms with Crippen molar-refractivity contribution in [3.05, 3.63) is 46.6 Å². The summed E-state index contributed by atoms with van der Waals surface area (Å²) in [7, 11) is 0. The van der Waals surface area contributed by atoms with E-state index < -0.39 is 0 Å². The predicted molar refractivity (Wildman–Crippen MR) is 95.0 cm³/mol. The number of nitrogens with zero attached hydrogens (tertiary/aromatic N) is 4. The van der Waals surface area contributed by atoms with E-state index in [1.54, 1.807) is 0 Å². The maximum absolute atomic E-state index is 5.96. The van der Waals surface area contributed by atoms with Gasteiger partial charge in [0.1, 0.15) is 0 Å². The van der Waals surface area contributed by atoms with Crippen LogP contribution in [0, 0.1) is 0 Å². The Morgan fingerprint density at radius 2 is 1.71 bits per heavy atom. The van der Waals surface area contributed by atoms with E-state index in [0.29, 0.717) is 5.92 Å². The molecule has 3 rings (SSSR count). The van der Waals surface area contributed by atoms with Crippen LogP contribution in [0.1, 0.15) is 43.5 Å². The highest BCUT2D eigenvalue weighted by Crippen LogP contribution is 2.15. The molecule has 1 aromatic carbocycles. The molecule has 0 bridgehead atoms. The van der Waals surface area contributed by atoms with E-state index in [4.69, 9.17) is 16.1 Å². The van der Waals surface area contributed by atoms with Crippen LogP contribution in [0.25, 0.3) is 0 Å². The van der Waals surface area contributed by atoms with Gasteiger partial charge in [0.2, 0.25) is 5.89 Å². The first-order valence-electron chi connectivity index (χ1n) is 8.62. The molecule has 0 saturated carbocycles. The summed E-state index contributed by atoms with van der Waals surface area (Å²) in [5.41, 5.74) is 1.31. The Morgan fingerprint density at radius 1 is 1.04 bits per heavy atom. The Morgan fingerprint density at radius 3 is 2.33 bits per heavy atom. The first-order valence-corrected chi connectivity index (χ1v) is 8.99. The number of hydrogen-bond donors (Lipinski definition) is 0. The molecular formula is C18H25ClN4O. The largest absolute Gasteiger partial charge is 0.338 e. The third kappa shape index (κ3) is 4.79. The van der Waals surface area contributed by atoms with E-state index >= 15 is 0 Å². The number of rotatable bonds is 5. The summed E-state index contributed by atoms with van der Waals surface area (Å²) >= 11 is 5.96. The minimum atomic E-state index is 0.307. The third-order valence-electron chi connectivity index (χ3n) is 4.36. The fourth-order valence-electron chi connectivity index (χ4n) is 2.95. The van der Waals surface area contributed by atoms with Gasteiger partial charge >= 0.3 is 0 Å². The molecule has 0 N–H and O–H groups in total. The van der Waals surface area contributed by atoms with E-state index in [2.05, 4.69) is 45.9 Å². The number of benzene rings is 1. The van der Waals surface area contributed by atoms with Gasteiger partial charge in [-0.3, -0.25) is 9.80 Å². The second kappa shape index (κ2) is 8.10. The van der Waals surface area contributed by atoms with Gasteiger partial charge in [0.15, 0.2) is 5.82 Å². The van der Waals surface area contributed by atoms with Crippen LogP contribution >= 0.6 is 11.6 Å². The number of aromatic nitrogens is 2. The smallest absolute Gasteiger partial charge is 0.240 e. The summed E-state index contributed by atoms with van der Waals surface area (Å²) < 4.78 is 5.37. The first-order chi connectivity index (χ1) is 11.6. The van der Waals surface area contributed by atoms with Crippen LogP contribution in [0.3, 0.4) is 0 Å². The van der Waals surface area contributed by atoms with Crippen LogP contribution in [0.2, 0.25) is 5.02 Å². The molecule has 130 valence electrons. The highest BCUT2D eigenvalue weighted by Gasteiger charge is 2.18. The zero-order valence-electron chi connectivity index (χ0n) is 14.4. The summed E-state index contributed by atoms with van der Waals surface area (Å²) in [4.78, 5) is 9.38. The van der Waals surface area contributed by atoms with Crippen molar-refractivity contribution < 1.29 is 4.52 Å². The summed E-state index contributed by atoms with van der Waals surface area (Å²) in [5, 5.41) is 4.84. The van der Waals surface area contributed by atoms with Crippen LogP contribution in [0.5, 0.6) is 0 Å². The van der Waals surface area contributed by atoms with Crippen molar-refractivity contribution in [1.29, 1.82) is 0 Å². The highest BCUT2D eigenvalue weighted by atomic mass is 35.5. The van der Waals surface area contributed by atoms with Crippen LogP contribution in [0.15, 0.2) is 28.8 Å². The van der Waals surface area contributed by atoms with E-state index in [1.807, 2.05) is 12.1 Å². The zero-order chi connectivity index (χ0) is 16.9. The predicted octanol–water partition coefficient (Wildman–Crippen LogP) is 3.55. The van der Waals surface area contributed by atoms with Gasteiger partial charge in [-0.1, -0.05) is 42.7 Å². The van der Waals surface area contributed by atoms with Crippen molar-refractivity contribution in [1.82, 2.24) is 19.9 Å². The second-order valence-electron chi connectivity index (χ2n) is 6.73. The molecular weight excluding hydrogens is 324 g/mol. The van der Waals surface area contributed by atoms with Gasteiger partial charge < -0.3 is 4.52 Å². The molecule has 0 radical (unpaired) electrons. The van der Waals surface area contributed by atoms with Crippen molar-refractivity contribution in [2.75, 3.05) is 26.2 Å². The molecule has 0 aliphatic carbocycles. The van der Waals surface area contributed by atoms with Crippen LogP contribution < -0.4 is 0 Å². The van der Waals surface area contributed by atoms with Crippen molar-refractivity contribution in [2.24, 2.45) is 0 Å². The number of hydrogen-bond acceptors (Lipinski definition) is 5. The van der Waals surface area contributed by atoms with Gasteiger partial charge in [0.05, 0.1) is 6.54 Å². The Hall–Kier alpha value is -1.43. The molecule has 6 heteroatoms. The second-order valence-corrected chi connectivity index (χ2v) is 7.17. The van der Waals surface area contributed by atoms with Gasteiger partial charge in [-0.05, 0) is 37.2 Å². The molecule has 1 saturated heterocycles. The Labute approximate surface area is 148 Å². The van der Waals surface area contributed by atoms with Crippen molar-refractivity contribution in [2.45, 2.75) is 39.3 Å². The van der Waals surface area contributed by atoms with Gasteiger partial charge in [0.25, 0.3) is 0 Å². The summed E-state index contributed by atoms with van der Waals surface area (Å²) in [6.45, 7) is 10.1. The summed E-state index contributed by atoms with van der Waals surface area (Å²) in [6, 6.07) is 8.14. The van der Waals surface area contributed by atoms with Crippen molar-refractivity contribution >= 4 is 11.6 Å². The molecule has 1 aliphatic heterocycles. The summed E-state index contributed by atoms with van der Waals surface area (Å²) in [5.74, 6) is 1.83. The molecule has 1 fully saturated rings. The Balaban J connectivity index is 1.51. The van der Waals surface area contributed by atoms with Gasteiger partial charge in [-0.25, -0.2) is 0 Å². The topological polar surface area (TPSA) is 45.4 Å². The third-order valence-corrected chi connectivity index (χ3v) is 4.61. The molecule has 24 heavy (non-hydrogen) atoms. The average molecular weight is 349 g/mol. The lowest BCUT2D eigenvalue weighted by Gasteiger charge is -2.21. The van der Waals surface area contributed by atoms with Crippen molar-refractivity contribution in [3.8, 4) is 0 Å². The Kier molecular flexibility index (Phi) is 5.87. The molecule has 1 aliphatic rings. The molecule has 0 unspecified atom stereocenters. The van der Waals surface area contributed by atoms with E-state index in [0.717, 1.165) is 62.4 Å². The number of halogens is 1. The lowest BCUT2D eigenvalue weighted by Crippen LogP contribution is -2.30. The van der Waals surface area contributed by atoms with Crippen LogP contribution in [-0.4, -0.2) is 46.1 Å². The van der Waals surface area contributed by atoms with Gasteiger partial charge in [0, 0.05) is 30.6 Å². The maximum Gasteiger partial charge on any atom is 0.240 e. The first kappa shape index (κ1) is 17.4. The van der Waals surface area contributed by atoms with Crippen molar-refractivity contribution in [3.63, 3.8) is 0 Å². The highest BCUT2D eigenvalue weighted by molar-refractivity contribution is 6.30. The lowest BCUT2D eigenvalue weighted by atomic mass is 10.2. The maximum atomic E-state index is 5.96. The fraction of sp³-hybridized carbons (Fsp3) is 0.556. The molecule has 2 heterocycles. The standard InChI is InChI=1S/C18H25ClN4O/c1-14(2)18-20-17(24-21-18)13-23-9-3-8-22(10-11-23)12-15-4-6-16(19)7-5-15/h4-7,14H,3,8-13H2,1-2H3. The minimum absolute atomic E-state index is 0.307. The quantitative estimate of drug-likeness (QED) is 0.826. The van der Waals surface area contributed by atoms with Crippen LogP contribution in [0.4, 0.5) is 0 Å². The molecule has 1 aromatic heterocycles.